The maximum absolute atomic E-state index is 11.9. The highest BCUT2D eigenvalue weighted by atomic mass is 16.5. The van der Waals surface area contributed by atoms with Crippen LogP contribution in [0.15, 0.2) is 24.3 Å². The largest absolute Gasteiger partial charge is 0.380 e. The van der Waals surface area contributed by atoms with E-state index in [-0.39, 0.29) is 11.9 Å². The number of fused-ring (bicyclic) bond motifs is 1. The molecule has 0 saturated carbocycles. The van der Waals surface area contributed by atoms with Crippen molar-refractivity contribution in [1.82, 2.24) is 14.5 Å². The summed E-state index contributed by atoms with van der Waals surface area (Å²) >= 11 is 0. The average Bonchev–Trinajstić information content (AvgIpc) is 3.12. The second-order valence-electron chi connectivity index (χ2n) is 5.68. The summed E-state index contributed by atoms with van der Waals surface area (Å²) in [6, 6.07) is 8.24. The van der Waals surface area contributed by atoms with Crippen LogP contribution < -0.4 is 0 Å². The first-order valence-corrected chi connectivity index (χ1v) is 8.02. The number of ether oxygens (including phenoxy) is 1. The van der Waals surface area contributed by atoms with Gasteiger partial charge in [-0.15, -0.1) is 0 Å². The Morgan fingerprint density at radius 1 is 1.41 bits per heavy atom. The maximum atomic E-state index is 11.9. The molecule has 0 aliphatic carbocycles. The molecule has 1 saturated heterocycles. The van der Waals surface area contributed by atoms with Crippen LogP contribution in [0.25, 0.3) is 11.0 Å². The Hall–Kier alpha value is -1.88. The SMILES string of the molecule is CCOCCn1c([C@H]2CCCN2C(C)=O)nc2ccccc21. The standard InChI is InChI=1S/C17H23N3O2/c1-3-22-12-11-20-15-8-5-4-7-14(15)18-17(20)16-9-6-10-19(16)13(2)21/h4-5,7-8,16H,3,6,9-12H2,1-2H3/t16-/m1/s1. The number of imidazole rings is 1. The van der Waals surface area contributed by atoms with Crippen molar-refractivity contribution < 1.29 is 9.53 Å². The smallest absolute Gasteiger partial charge is 0.220 e. The molecule has 1 aromatic carbocycles. The third-order valence-electron chi connectivity index (χ3n) is 4.30. The molecule has 2 aromatic rings. The molecule has 3 rings (SSSR count). The van der Waals surface area contributed by atoms with Crippen LogP contribution in [0.5, 0.6) is 0 Å². The minimum absolute atomic E-state index is 0.0894. The summed E-state index contributed by atoms with van der Waals surface area (Å²) in [7, 11) is 0. The van der Waals surface area contributed by atoms with E-state index in [0.29, 0.717) is 13.2 Å². The second-order valence-corrected chi connectivity index (χ2v) is 5.68. The van der Waals surface area contributed by atoms with Gasteiger partial charge in [-0.1, -0.05) is 12.1 Å². The van der Waals surface area contributed by atoms with Crippen molar-refractivity contribution in [2.45, 2.75) is 39.3 Å². The lowest BCUT2D eigenvalue weighted by Crippen LogP contribution is -2.30. The van der Waals surface area contributed by atoms with E-state index in [9.17, 15) is 4.79 Å². The fraction of sp³-hybridized carbons (Fsp3) is 0.529. The molecular formula is C17H23N3O2. The summed E-state index contributed by atoms with van der Waals surface area (Å²) in [4.78, 5) is 18.6. The van der Waals surface area contributed by atoms with E-state index in [1.54, 1.807) is 6.92 Å². The van der Waals surface area contributed by atoms with Crippen LogP contribution >= 0.6 is 0 Å². The molecule has 1 aromatic heterocycles. The molecule has 0 bridgehead atoms. The average molecular weight is 301 g/mol. The van der Waals surface area contributed by atoms with Gasteiger partial charge < -0.3 is 14.2 Å². The molecule has 0 spiro atoms. The molecule has 1 fully saturated rings. The number of nitrogens with zero attached hydrogens (tertiary/aromatic N) is 3. The maximum Gasteiger partial charge on any atom is 0.220 e. The number of hydrogen-bond acceptors (Lipinski definition) is 3. The molecule has 0 N–H and O–H groups in total. The van der Waals surface area contributed by atoms with E-state index >= 15 is 0 Å². The molecule has 118 valence electrons. The lowest BCUT2D eigenvalue weighted by molar-refractivity contribution is -0.129. The van der Waals surface area contributed by atoms with E-state index in [1.807, 2.05) is 30.0 Å². The quantitative estimate of drug-likeness (QED) is 0.798. The first kappa shape index (κ1) is 15.0. The normalized spacial score (nSPS) is 18.3. The summed E-state index contributed by atoms with van der Waals surface area (Å²) in [5, 5.41) is 0. The van der Waals surface area contributed by atoms with Gasteiger partial charge in [0.15, 0.2) is 0 Å². The van der Waals surface area contributed by atoms with Gasteiger partial charge in [0.2, 0.25) is 5.91 Å². The van der Waals surface area contributed by atoms with Gasteiger partial charge in [0, 0.05) is 26.6 Å². The summed E-state index contributed by atoms with van der Waals surface area (Å²) in [5.74, 6) is 1.12. The van der Waals surface area contributed by atoms with E-state index in [0.717, 1.165) is 42.8 Å². The van der Waals surface area contributed by atoms with Gasteiger partial charge >= 0.3 is 0 Å². The van der Waals surface area contributed by atoms with Crippen LogP contribution in [0.2, 0.25) is 0 Å². The van der Waals surface area contributed by atoms with E-state index in [2.05, 4.69) is 10.6 Å². The van der Waals surface area contributed by atoms with Crippen LogP contribution in [0.4, 0.5) is 0 Å². The van der Waals surface area contributed by atoms with Gasteiger partial charge in [0.05, 0.1) is 23.7 Å². The number of hydrogen-bond donors (Lipinski definition) is 0. The summed E-state index contributed by atoms with van der Waals surface area (Å²) in [5.41, 5.74) is 2.11. The molecule has 5 heteroatoms. The Bertz CT molecular complexity index is 665. The van der Waals surface area contributed by atoms with Crippen LogP contribution in [0.3, 0.4) is 0 Å². The molecule has 1 amide bonds. The number of aromatic nitrogens is 2. The number of carbonyl (C=O) groups excluding carboxylic acids is 1. The zero-order chi connectivity index (χ0) is 15.5. The highest BCUT2D eigenvalue weighted by molar-refractivity contribution is 5.77. The Labute approximate surface area is 130 Å². The van der Waals surface area contributed by atoms with Crippen molar-refractivity contribution in [3.05, 3.63) is 30.1 Å². The molecule has 1 aliphatic heterocycles. The number of rotatable bonds is 5. The van der Waals surface area contributed by atoms with Crippen molar-refractivity contribution in [2.24, 2.45) is 0 Å². The third kappa shape index (κ3) is 2.73. The number of benzene rings is 1. The number of amides is 1. The minimum atomic E-state index is 0.0894. The van der Waals surface area contributed by atoms with E-state index in [1.165, 1.54) is 0 Å². The minimum Gasteiger partial charge on any atom is -0.380 e. The fourth-order valence-electron chi connectivity index (χ4n) is 3.30. The predicted octanol–water partition coefficient (Wildman–Crippen LogP) is 2.76. The fourth-order valence-corrected chi connectivity index (χ4v) is 3.30. The van der Waals surface area contributed by atoms with Crippen molar-refractivity contribution in [1.29, 1.82) is 0 Å². The van der Waals surface area contributed by atoms with Crippen LogP contribution in [-0.4, -0.2) is 40.1 Å². The highest BCUT2D eigenvalue weighted by Crippen LogP contribution is 2.33. The van der Waals surface area contributed by atoms with Gasteiger partial charge in [-0.05, 0) is 31.9 Å². The zero-order valence-electron chi connectivity index (χ0n) is 13.3. The van der Waals surface area contributed by atoms with Gasteiger partial charge in [0.25, 0.3) is 0 Å². The summed E-state index contributed by atoms with van der Waals surface area (Å²) < 4.78 is 7.74. The third-order valence-corrected chi connectivity index (χ3v) is 4.30. The van der Waals surface area contributed by atoms with Gasteiger partial charge in [-0.25, -0.2) is 4.98 Å². The summed E-state index contributed by atoms with van der Waals surface area (Å²) in [6.07, 6.45) is 2.02. The first-order valence-electron chi connectivity index (χ1n) is 8.02. The monoisotopic (exact) mass is 301 g/mol. The lowest BCUT2D eigenvalue weighted by Gasteiger charge is -2.23. The van der Waals surface area contributed by atoms with Crippen molar-refractivity contribution >= 4 is 16.9 Å². The van der Waals surface area contributed by atoms with Crippen molar-refractivity contribution in [2.75, 3.05) is 19.8 Å². The molecule has 22 heavy (non-hydrogen) atoms. The van der Waals surface area contributed by atoms with Crippen molar-refractivity contribution in [3.63, 3.8) is 0 Å². The van der Waals surface area contributed by atoms with E-state index in [4.69, 9.17) is 9.72 Å². The van der Waals surface area contributed by atoms with Crippen LogP contribution in [0.1, 0.15) is 38.6 Å². The zero-order valence-corrected chi connectivity index (χ0v) is 13.3. The van der Waals surface area contributed by atoms with Gasteiger partial charge in [0.1, 0.15) is 5.82 Å². The topological polar surface area (TPSA) is 47.4 Å². The summed E-state index contributed by atoms with van der Waals surface area (Å²) in [6.45, 7) is 6.62. The first-order chi connectivity index (χ1) is 10.7. The Kier molecular flexibility index (Phi) is 4.43. The van der Waals surface area contributed by atoms with Gasteiger partial charge in [-0.3, -0.25) is 4.79 Å². The van der Waals surface area contributed by atoms with Crippen LogP contribution in [0, 0.1) is 0 Å². The number of carbonyl (C=O) groups is 1. The molecular weight excluding hydrogens is 278 g/mol. The lowest BCUT2D eigenvalue weighted by atomic mass is 10.2. The molecule has 1 atom stereocenters. The molecule has 0 radical (unpaired) electrons. The Morgan fingerprint density at radius 2 is 2.23 bits per heavy atom. The molecule has 2 heterocycles. The number of para-hydroxylation sites is 2. The highest BCUT2D eigenvalue weighted by Gasteiger charge is 2.31. The van der Waals surface area contributed by atoms with Crippen molar-refractivity contribution in [3.8, 4) is 0 Å². The number of likely N-dealkylation sites (tertiary alicyclic amines) is 1. The molecule has 5 nitrogen and oxygen atoms in total. The predicted molar refractivity (Wildman–Crippen MR) is 85.6 cm³/mol. The molecule has 1 aliphatic rings. The van der Waals surface area contributed by atoms with Crippen LogP contribution in [-0.2, 0) is 16.1 Å². The Balaban J connectivity index is 2.00. The van der Waals surface area contributed by atoms with E-state index < -0.39 is 0 Å². The second kappa shape index (κ2) is 6.48. The Morgan fingerprint density at radius 3 is 3.00 bits per heavy atom. The molecule has 0 unspecified atom stereocenters. The van der Waals surface area contributed by atoms with Gasteiger partial charge in [-0.2, -0.15) is 0 Å².